The number of hydrogen-bond acceptors (Lipinski definition) is 4. The Labute approximate surface area is 188 Å². The van der Waals surface area contributed by atoms with Gasteiger partial charge in [0, 0.05) is 28.7 Å². The minimum absolute atomic E-state index is 0.315. The Morgan fingerprint density at radius 2 is 1.90 bits per heavy atom. The van der Waals surface area contributed by atoms with Crippen LogP contribution in [0.1, 0.15) is 56.4 Å². The lowest BCUT2D eigenvalue weighted by Crippen LogP contribution is -2.37. The second kappa shape index (κ2) is 9.23. The molecular weight excluding hydrogens is 410 g/mol. The number of esters is 1. The maximum absolute atomic E-state index is 12.7. The summed E-state index contributed by atoms with van der Waals surface area (Å²) in [6.45, 7) is 5.22. The van der Waals surface area contributed by atoms with Gasteiger partial charge in [-0.2, -0.15) is 0 Å². The van der Waals surface area contributed by atoms with Crippen LogP contribution in [0.25, 0.3) is 16.6 Å². The summed E-state index contributed by atoms with van der Waals surface area (Å²) in [5, 5.41) is 1.54. The molecule has 1 aliphatic rings. The Balaban J connectivity index is 1.79. The third kappa shape index (κ3) is 4.24. The van der Waals surface area contributed by atoms with E-state index in [1.165, 1.54) is 32.1 Å². The molecular formula is C25H30ClN3O2. The molecule has 0 spiro atoms. The maximum atomic E-state index is 12.7. The van der Waals surface area contributed by atoms with Gasteiger partial charge in [0.05, 0.1) is 23.5 Å². The zero-order valence-corrected chi connectivity index (χ0v) is 19.0. The van der Waals surface area contributed by atoms with E-state index in [1.807, 2.05) is 41.0 Å². The van der Waals surface area contributed by atoms with Crippen molar-refractivity contribution in [3.8, 4) is 5.69 Å². The van der Waals surface area contributed by atoms with Crippen molar-refractivity contribution in [2.75, 3.05) is 23.8 Å². The molecule has 1 aromatic heterocycles. The van der Waals surface area contributed by atoms with E-state index in [2.05, 4.69) is 17.9 Å². The number of carbonyl (C=O) groups is 1. The molecule has 4 rings (SSSR count). The molecule has 2 aromatic carbocycles. The number of rotatable bonds is 6. The van der Waals surface area contributed by atoms with Gasteiger partial charge in [0.1, 0.15) is 5.69 Å². The van der Waals surface area contributed by atoms with Crippen molar-refractivity contribution in [1.29, 1.82) is 0 Å². The number of benzene rings is 2. The predicted octanol–water partition coefficient (Wildman–Crippen LogP) is 6.20. The second-order valence-corrected chi connectivity index (χ2v) is 8.55. The molecule has 1 fully saturated rings. The standard InChI is InChI=1S/C25H30ClN3O2/c1-3-28(19-8-6-5-7-9-19)22-13-12-20(16-21(22)27)29-23-15-18(26)11-10-17(23)14-24(29)25(30)31-4-2/h10-16,19H,3-9,27H2,1-2H3. The van der Waals surface area contributed by atoms with E-state index in [-0.39, 0.29) is 5.97 Å². The number of carbonyl (C=O) groups excluding carboxylic acids is 1. The van der Waals surface area contributed by atoms with Crippen LogP contribution < -0.4 is 10.6 Å². The molecule has 1 saturated carbocycles. The minimum atomic E-state index is -0.366. The Morgan fingerprint density at radius 3 is 2.58 bits per heavy atom. The first-order valence-corrected chi connectivity index (χ1v) is 11.6. The van der Waals surface area contributed by atoms with Crippen molar-refractivity contribution < 1.29 is 9.53 Å². The molecule has 5 nitrogen and oxygen atoms in total. The third-order valence-electron chi connectivity index (χ3n) is 6.19. The second-order valence-electron chi connectivity index (χ2n) is 8.11. The van der Waals surface area contributed by atoms with Gasteiger partial charge in [-0.25, -0.2) is 4.79 Å². The number of nitrogens with two attached hydrogens (primary N) is 1. The lowest BCUT2D eigenvalue weighted by Gasteiger charge is -2.36. The van der Waals surface area contributed by atoms with Crippen LogP contribution in [-0.4, -0.2) is 29.7 Å². The Morgan fingerprint density at radius 1 is 1.13 bits per heavy atom. The van der Waals surface area contributed by atoms with Gasteiger partial charge in [-0.15, -0.1) is 0 Å². The topological polar surface area (TPSA) is 60.5 Å². The van der Waals surface area contributed by atoms with Crippen LogP contribution in [0.2, 0.25) is 5.02 Å². The van der Waals surface area contributed by atoms with Gasteiger partial charge in [-0.1, -0.05) is 36.9 Å². The van der Waals surface area contributed by atoms with Gasteiger partial charge >= 0.3 is 5.97 Å². The van der Waals surface area contributed by atoms with Gasteiger partial charge in [0.25, 0.3) is 0 Å². The zero-order chi connectivity index (χ0) is 22.0. The first kappa shape index (κ1) is 21.6. The summed E-state index contributed by atoms with van der Waals surface area (Å²) in [5.74, 6) is -0.366. The molecule has 0 atom stereocenters. The van der Waals surface area contributed by atoms with Crippen LogP contribution in [0.4, 0.5) is 11.4 Å². The monoisotopic (exact) mass is 439 g/mol. The summed E-state index contributed by atoms with van der Waals surface area (Å²) in [7, 11) is 0. The van der Waals surface area contributed by atoms with Crippen molar-refractivity contribution in [3.63, 3.8) is 0 Å². The Bertz CT molecular complexity index is 1090. The number of fused-ring (bicyclic) bond motifs is 1. The van der Waals surface area contributed by atoms with E-state index in [0.717, 1.165) is 28.8 Å². The fourth-order valence-electron chi connectivity index (χ4n) is 4.77. The van der Waals surface area contributed by atoms with Crippen LogP contribution in [0.15, 0.2) is 42.5 Å². The molecule has 31 heavy (non-hydrogen) atoms. The third-order valence-corrected chi connectivity index (χ3v) is 6.42. The molecule has 164 valence electrons. The highest BCUT2D eigenvalue weighted by Gasteiger charge is 2.23. The summed E-state index contributed by atoms with van der Waals surface area (Å²) in [5.41, 5.74) is 10.5. The summed E-state index contributed by atoms with van der Waals surface area (Å²) in [4.78, 5) is 15.1. The van der Waals surface area contributed by atoms with Crippen molar-refractivity contribution >= 4 is 39.8 Å². The molecule has 0 amide bonds. The van der Waals surface area contributed by atoms with E-state index in [1.54, 1.807) is 6.92 Å². The average molecular weight is 440 g/mol. The van der Waals surface area contributed by atoms with Gasteiger partial charge in [-0.3, -0.25) is 0 Å². The smallest absolute Gasteiger partial charge is 0.355 e. The number of anilines is 2. The molecule has 0 radical (unpaired) electrons. The number of aromatic nitrogens is 1. The van der Waals surface area contributed by atoms with E-state index < -0.39 is 0 Å². The molecule has 0 unspecified atom stereocenters. The molecule has 0 aliphatic heterocycles. The van der Waals surface area contributed by atoms with Crippen LogP contribution >= 0.6 is 11.6 Å². The van der Waals surface area contributed by atoms with Crippen LogP contribution in [0.5, 0.6) is 0 Å². The molecule has 3 aromatic rings. The normalized spacial score (nSPS) is 14.7. The predicted molar refractivity (Wildman–Crippen MR) is 129 cm³/mol. The van der Waals surface area contributed by atoms with Crippen molar-refractivity contribution in [2.24, 2.45) is 0 Å². The van der Waals surface area contributed by atoms with Gasteiger partial charge in [0.15, 0.2) is 0 Å². The summed E-state index contributed by atoms with van der Waals surface area (Å²) in [6, 6.07) is 14.0. The largest absolute Gasteiger partial charge is 0.461 e. The van der Waals surface area contributed by atoms with Crippen molar-refractivity contribution in [3.05, 3.63) is 53.2 Å². The van der Waals surface area contributed by atoms with Crippen molar-refractivity contribution in [1.82, 2.24) is 4.57 Å². The zero-order valence-electron chi connectivity index (χ0n) is 18.2. The quantitative estimate of drug-likeness (QED) is 0.366. The van der Waals surface area contributed by atoms with Crippen LogP contribution in [-0.2, 0) is 4.74 Å². The van der Waals surface area contributed by atoms with Gasteiger partial charge in [-0.05, 0) is 63.1 Å². The first-order valence-electron chi connectivity index (χ1n) is 11.2. The van der Waals surface area contributed by atoms with Crippen LogP contribution in [0.3, 0.4) is 0 Å². The Hall–Kier alpha value is -2.66. The number of nitrogens with zero attached hydrogens (tertiary/aromatic N) is 2. The molecule has 0 saturated heterocycles. The molecule has 2 N–H and O–H groups in total. The van der Waals surface area contributed by atoms with Crippen LogP contribution in [0, 0.1) is 0 Å². The Kier molecular flexibility index (Phi) is 6.42. The molecule has 1 aliphatic carbocycles. The number of halogens is 1. The van der Waals surface area contributed by atoms with Gasteiger partial charge in [0.2, 0.25) is 0 Å². The number of ether oxygens (including phenoxy) is 1. The SMILES string of the molecule is CCOC(=O)c1cc2ccc(Cl)cc2n1-c1ccc(N(CC)C2CCCCC2)c(N)c1. The number of nitrogen functional groups attached to an aromatic ring is 1. The highest BCUT2D eigenvalue weighted by molar-refractivity contribution is 6.31. The highest BCUT2D eigenvalue weighted by Crippen LogP contribution is 2.34. The maximum Gasteiger partial charge on any atom is 0.355 e. The lowest BCUT2D eigenvalue weighted by atomic mass is 9.93. The number of hydrogen-bond donors (Lipinski definition) is 1. The van der Waals surface area contributed by atoms with E-state index in [9.17, 15) is 4.79 Å². The van der Waals surface area contributed by atoms with Crippen molar-refractivity contribution in [2.45, 2.75) is 52.0 Å². The molecule has 1 heterocycles. The fourth-order valence-corrected chi connectivity index (χ4v) is 4.93. The summed E-state index contributed by atoms with van der Waals surface area (Å²) >= 11 is 6.27. The average Bonchev–Trinajstić information content (AvgIpc) is 3.15. The summed E-state index contributed by atoms with van der Waals surface area (Å²) < 4.78 is 7.19. The summed E-state index contributed by atoms with van der Waals surface area (Å²) in [6.07, 6.45) is 6.30. The molecule has 0 bridgehead atoms. The minimum Gasteiger partial charge on any atom is -0.461 e. The first-order chi connectivity index (χ1) is 15.0. The fraction of sp³-hybridized carbons (Fsp3) is 0.400. The highest BCUT2D eigenvalue weighted by atomic mass is 35.5. The lowest BCUT2D eigenvalue weighted by molar-refractivity contribution is 0.0517. The van der Waals surface area contributed by atoms with E-state index >= 15 is 0 Å². The van der Waals surface area contributed by atoms with E-state index in [0.29, 0.717) is 29.1 Å². The van der Waals surface area contributed by atoms with E-state index in [4.69, 9.17) is 22.1 Å². The molecule has 6 heteroatoms. The van der Waals surface area contributed by atoms with Gasteiger partial charge < -0.3 is 19.9 Å².